The number of hydrogen-bond acceptors (Lipinski definition) is 5. The molecule has 0 N–H and O–H groups in total. The minimum atomic E-state index is 0.102. The smallest absolute Gasteiger partial charge is 0.159 e. The van der Waals surface area contributed by atoms with Crippen molar-refractivity contribution in [1.82, 2.24) is 4.90 Å². The highest BCUT2D eigenvalue weighted by molar-refractivity contribution is 5.97. The second-order valence-corrected chi connectivity index (χ2v) is 8.93. The molecule has 1 aromatic heterocycles. The van der Waals surface area contributed by atoms with Crippen molar-refractivity contribution in [2.75, 3.05) is 38.2 Å². The summed E-state index contributed by atoms with van der Waals surface area (Å²) in [5.74, 6) is 1.92. The van der Waals surface area contributed by atoms with Gasteiger partial charge in [-0.25, -0.2) is 0 Å². The number of Topliss-reactive ketones (excluding diaryl/α,β-unsaturated/α-hetero) is 1. The standard InChI is InChI=1S/C29H30N2O3/c1-20(32)22-9-11-25(12-10-22)31-15-13-30(14-16-31)19-24-17-28-26(18-27(24)33-3)29(21(2)34-28)23-7-5-4-6-8-23/h4-12,17-18H,13-16,19H2,1-3H3. The van der Waals surface area contributed by atoms with Crippen LogP contribution in [0, 0.1) is 6.92 Å². The largest absolute Gasteiger partial charge is 0.496 e. The first-order valence-corrected chi connectivity index (χ1v) is 11.8. The highest BCUT2D eigenvalue weighted by Gasteiger charge is 2.21. The monoisotopic (exact) mass is 454 g/mol. The van der Waals surface area contributed by atoms with Gasteiger partial charge in [0, 0.05) is 60.5 Å². The molecular formula is C29H30N2O3. The predicted octanol–water partition coefficient (Wildman–Crippen LogP) is 5.94. The van der Waals surface area contributed by atoms with Gasteiger partial charge < -0.3 is 14.1 Å². The minimum Gasteiger partial charge on any atom is -0.496 e. The van der Waals surface area contributed by atoms with Crippen molar-refractivity contribution >= 4 is 22.4 Å². The molecule has 1 fully saturated rings. The summed E-state index contributed by atoms with van der Waals surface area (Å²) in [6.45, 7) is 8.26. The van der Waals surface area contributed by atoms with E-state index in [0.29, 0.717) is 0 Å². The number of ether oxygens (including phenoxy) is 1. The Morgan fingerprint density at radius 2 is 1.68 bits per heavy atom. The molecule has 3 aromatic carbocycles. The van der Waals surface area contributed by atoms with Gasteiger partial charge in [-0.15, -0.1) is 0 Å². The Bertz CT molecular complexity index is 1300. The van der Waals surface area contributed by atoms with Crippen molar-refractivity contribution in [3.05, 3.63) is 83.6 Å². The van der Waals surface area contributed by atoms with E-state index >= 15 is 0 Å². The van der Waals surface area contributed by atoms with E-state index in [4.69, 9.17) is 9.15 Å². The zero-order chi connectivity index (χ0) is 23.7. The number of nitrogens with zero attached hydrogens (tertiary/aromatic N) is 2. The number of rotatable bonds is 6. The number of furan rings is 1. The lowest BCUT2D eigenvalue weighted by atomic mass is 10.0. The van der Waals surface area contributed by atoms with Crippen LogP contribution in [0.25, 0.3) is 22.1 Å². The molecule has 34 heavy (non-hydrogen) atoms. The number of aryl methyl sites for hydroxylation is 1. The lowest BCUT2D eigenvalue weighted by Crippen LogP contribution is -2.46. The highest BCUT2D eigenvalue weighted by atomic mass is 16.5. The van der Waals surface area contributed by atoms with Gasteiger partial charge in [0.1, 0.15) is 17.1 Å². The molecule has 4 aromatic rings. The average Bonchev–Trinajstić information content (AvgIpc) is 3.19. The molecule has 0 spiro atoms. The van der Waals surface area contributed by atoms with Gasteiger partial charge in [0.15, 0.2) is 5.78 Å². The lowest BCUT2D eigenvalue weighted by molar-refractivity contribution is 0.101. The van der Waals surface area contributed by atoms with Crippen LogP contribution < -0.4 is 9.64 Å². The molecule has 5 heteroatoms. The van der Waals surface area contributed by atoms with Crippen LogP contribution in [0.1, 0.15) is 28.6 Å². The second-order valence-electron chi connectivity index (χ2n) is 8.93. The lowest BCUT2D eigenvalue weighted by Gasteiger charge is -2.36. The maximum atomic E-state index is 11.5. The van der Waals surface area contributed by atoms with Gasteiger partial charge in [-0.1, -0.05) is 30.3 Å². The SMILES string of the molecule is COc1cc2c(-c3ccccc3)c(C)oc2cc1CN1CCN(c2ccc(C(C)=O)cc2)CC1. The fraction of sp³-hybridized carbons (Fsp3) is 0.276. The number of ketones is 1. The molecular weight excluding hydrogens is 424 g/mol. The van der Waals surface area contributed by atoms with Crippen molar-refractivity contribution in [3.63, 3.8) is 0 Å². The van der Waals surface area contributed by atoms with Crippen LogP contribution in [0.4, 0.5) is 5.69 Å². The number of fused-ring (bicyclic) bond motifs is 1. The van der Waals surface area contributed by atoms with Gasteiger partial charge in [-0.3, -0.25) is 9.69 Å². The minimum absolute atomic E-state index is 0.102. The zero-order valence-corrected chi connectivity index (χ0v) is 20.0. The summed E-state index contributed by atoms with van der Waals surface area (Å²) in [4.78, 5) is 16.4. The Morgan fingerprint density at radius 3 is 2.32 bits per heavy atom. The Morgan fingerprint density at radius 1 is 0.971 bits per heavy atom. The summed E-state index contributed by atoms with van der Waals surface area (Å²) in [5.41, 5.74) is 6.25. The molecule has 0 saturated carbocycles. The molecule has 1 aliphatic rings. The van der Waals surface area contributed by atoms with Gasteiger partial charge in [0.25, 0.3) is 0 Å². The van der Waals surface area contributed by atoms with E-state index in [2.05, 4.69) is 46.2 Å². The number of methoxy groups -OCH3 is 1. The number of hydrogen-bond donors (Lipinski definition) is 0. The van der Waals surface area contributed by atoms with Crippen molar-refractivity contribution < 1.29 is 13.9 Å². The molecule has 2 heterocycles. The Hall–Kier alpha value is -3.57. The van der Waals surface area contributed by atoms with E-state index in [1.165, 1.54) is 5.69 Å². The molecule has 174 valence electrons. The Kier molecular flexibility index (Phi) is 6.12. The van der Waals surface area contributed by atoms with Gasteiger partial charge in [0.05, 0.1) is 7.11 Å². The van der Waals surface area contributed by atoms with Gasteiger partial charge in [0.2, 0.25) is 0 Å². The van der Waals surface area contributed by atoms with E-state index < -0.39 is 0 Å². The Balaban J connectivity index is 1.33. The third-order valence-corrected chi connectivity index (χ3v) is 6.73. The van der Waals surface area contributed by atoms with Crippen LogP contribution in [0.3, 0.4) is 0 Å². The fourth-order valence-electron chi connectivity index (χ4n) is 4.88. The number of piperazine rings is 1. The summed E-state index contributed by atoms with van der Waals surface area (Å²) in [6.07, 6.45) is 0. The molecule has 0 unspecified atom stereocenters. The quantitative estimate of drug-likeness (QED) is 0.337. The summed E-state index contributed by atoms with van der Waals surface area (Å²) < 4.78 is 12.0. The normalized spacial score (nSPS) is 14.5. The maximum Gasteiger partial charge on any atom is 0.159 e. The molecule has 5 rings (SSSR count). The van der Waals surface area contributed by atoms with E-state index in [1.807, 2.05) is 37.3 Å². The first-order chi connectivity index (χ1) is 16.5. The summed E-state index contributed by atoms with van der Waals surface area (Å²) in [5, 5.41) is 1.09. The van der Waals surface area contributed by atoms with Crippen molar-refractivity contribution in [3.8, 4) is 16.9 Å². The molecule has 0 atom stereocenters. The first-order valence-electron chi connectivity index (χ1n) is 11.8. The van der Waals surface area contributed by atoms with Crippen LogP contribution in [0.5, 0.6) is 5.75 Å². The molecule has 0 radical (unpaired) electrons. The van der Waals surface area contributed by atoms with Crippen LogP contribution in [-0.4, -0.2) is 44.0 Å². The highest BCUT2D eigenvalue weighted by Crippen LogP contribution is 2.38. The molecule has 0 amide bonds. The molecule has 1 saturated heterocycles. The molecule has 1 aliphatic heterocycles. The van der Waals surface area contributed by atoms with Gasteiger partial charge in [-0.2, -0.15) is 0 Å². The van der Waals surface area contributed by atoms with Crippen LogP contribution >= 0.6 is 0 Å². The number of carbonyl (C=O) groups excluding carboxylic acids is 1. The third kappa shape index (κ3) is 4.31. The molecule has 0 bridgehead atoms. The van der Waals surface area contributed by atoms with Crippen LogP contribution in [-0.2, 0) is 6.54 Å². The third-order valence-electron chi connectivity index (χ3n) is 6.73. The zero-order valence-electron chi connectivity index (χ0n) is 20.0. The summed E-state index contributed by atoms with van der Waals surface area (Å²) in [7, 11) is 1.74. The second kappa shape index (κ2) is 9.35. The average molecular weight is 455 g/mol. The number of benzene rings is 3. The molecule has 0 aliphatic carbocycles. The van der Waals surface area contributed by atoms with E-state index in [0.717, 1.165) is 77.5 Å². The van der Waals surface area contributed by atoms with Crippen molar-refractivity contribution in [2.24, 2.45) is 0 Å². The molecule has 5 nitrogen and oxygen atoms in total. The first kappa shape index (κ1) is 22.2. The number of carbonyl (C=O) groups is 1. The van der Waals surface area contributed by atoms with E-state index in [9.17, 15) is 4.79 Å². The van der Waals surface area contributed by atoms with Crippen LogP contribution in [0.2, 0.25) is 0 Å². The van der Waals surface area contributed by atoms with Crippen LogP contribution in [0.15, 0.2) is 71.1 Å². The summed E-state index contributed by atoms with van der Waals surface area (Å²) in [6, 6.07) is 22.6. The van der Waals surface area contributed by atoms with E-state index in [-0.39, 0.29) is 5.78 Å². The van der Waals surface area contributed by atoms with E-state index in [1.54, 1.807) is 14.0 Å². The maximum absolute atomic E-state index is 11.5. The predicted molar refractivity (Wildman–Crippen MR) is 137 cm³/mol. The van der Waals surface area contributed by atoms with Gasteiger partial charge >= 0.3 is 0 Å². The van der Waals surface area contributed by atoms with Crippen molar-refractivity contribution in [1.29, 1.82) is 0 Å². The van der Waals surface area contributed by atoms with Crippen molar-refractivity contribution in [2.45, 2.75) is 20.4 Å². The number of anilines is 1. The fourth-order valence-corrected chi connectivity index (χ4v) is 4.88. The Labute approximate surface area is 200 Å². The summed E-state index contributed by atoms with van der Waals surface area (Å²) >= 11 is 0. The van der Waals surface area contributed by atoms with Gasteiger partial charge in [-0.05, 0) is 55.8 Å². The topological polar surface area (TPSA) is 45.9 Å².